The topological polar surface area (TPSA) is 37.8 Å². The molecule has 0 fully saturated rings. The summed E-state index contributed by atoms with van der Waals surface area (Å²) in [6.07, 6.45) is 1.04. The van der Waals surface area contributed by atoms with Crippen molar-refractivity contribution < 1.29 is 0 Å². The highest BCUT2D eigenvalue weighted by atomic mass is 35.5. The van der Waals surface area contributed by atoms with Crippen LogP contribution in [0.4, 0.5) is 5.13 Å². The summed E-state index contributed by atoms with van der Waals surface area (Å²) in [5, 5.41) is 11.7. The van der Waals surface area contributed by atoms with Gasteiger partial charge in [-0.3, -0.25) is 0 Å². The molecule has 0 aliphatic rings. The van der Waals surface area contributed by atoms with Crippen molar-refractivity contribution in [3.63, 3.8) is 0 Å². The monoisotopic (exact) mass is 205 g/mol. The van der Waals surface area contributed by atoms with Crippen molar-refractivity contribution >= 4 is 28.1 Å². The summed E-state index contributed by atoms with van der Waals surface area (Å²) in [5.41, 5.74) is 1.72. The minimum absolute atomic E-state index is 0.589. The molecular formula is C7H12ClN3S. The molecule has 0 aromatic carbocycles. The molecule has 1 unspecified atom stereocenters. The predicted molar refractivity (Wildman–Crippen MR) is 52.9 cm³/mol. The zero-order valence-corrected chi connectivity index (χ0v) is 8.53. The normalized spacial score (nSPS) is 12.8. The molecule has 0 radical (unpaired) electrons. The van der Waals surface area contributed by atoms with Crippen LogP contribution in [0.2, 0.25) is 0 Å². The standard InChI is InChI=1S/C7H12ClN3S/c1-6(2-3-8)4-9-7-11-10-5-12-7/h5-6H,2-4H2,1H3,(H,9,11). The van der Waals surface area contributed by atoms with Gasteiger partial charge in [-0.25, -0.2) is 0 Å². The summed E-state index contributed by atoms with van der Waals surface area (Å²) in [7, 11) is 0. The number of nitrogens with one attached hydrogen (secondary N) is 1. The number of hydrogen-bond donors (Lipinski definition) is 1. The van der Waals surface area contributed by atoms with Gasteiger partial charge in [0, 0.05) is 12.4 Å². The maximum absolute atomic E-state index is 5.60. The molecule has 1 heterocycles. The van der Waals surface area contributed by atoms with Crippen LogP contribution in [0.1, 0.15) is 13.3 Å². The molecule has 5 heteroatoms. The highest BCUT2D eigenvalue weighted by Gasteiger charge is 2.01. The quantitative estimate of drug-likeness (QED) is 0.750. The van der Waals surface area contributed by atoms with Gasteiger partial charge in [0.05, 0.1) is 0 Å². The zero-order chi connectivity index (χ0) is 8.81. The number of anilines is 1. The molecule has 12 heavy (non-hydrogen) atoms. The van der Waals surface area contributed by atoms with Gasteiger partial charge in [-0.2, -0.15) is 0 Å². The van der Waals surface area contributed by atoms with Gasteiger partial charge >= 0.3 is 0 Å². The third-order valence-electron chi connectivity index (χ3n) is 1.56. The fourth-order valence-electron chi connectivity index (χ4n) is 0.800. The molecule has 0 amide bonds. The molecule has 0 saturated heterocycles. The first kappa shape index (κ1) is 9.74. The zero-order valence-electron chi connectivity index (χ0n) is 6.96. The van der Waals surface area contributed by atoms with Crippen LogP contribution in [0.5, 0.6) is 0 Å². The number of hydrogen-bond acceptors (Lipinski definition) is 4. The third kappa shape index (κ3) is 3.36. The molecule has 0 saturated carbocycles. The van der Waals surface area contributed by atoms with E-state index in [0.29, 0.717) is 5.92 Å². The molecule has 1 N–H and O–H groups in total. The molecule has 3 nitrogen and oxygen atoms in total. The van der Waals surface area contributed by atoms with E-state index in [1.54, 1.807) is 5.51 Å². The van der Waals surface area contributed by atoms with Crippen molar-refractivity contribution in [1.29, 1.82) is 0 Å². The average Bonchev–Trinajstić information content (AvgIpc) is 2.53. The van der Waals surface area contributed by atoms with Gasteiger partial charge < -0.3 is 5.32 Å². The first-order chi connectivity index (χ1) is 5.83. The molecule has 1 atom stereocenters. The lowest BCUT2D eigenvalue weighted by molar-refractivity contribution is 0.596. The van der Waals surface area contributed by atoms with Crippen LogP contribution in [-0.2, 0) is 0 Å². The smallest absolute Gasteiger partial charge is 0.205 e. The summed E-state index contributed by atoms with van der Waals surface area (Å²) < 4.78 is 0. The van der Waals surface area contributed by atoms with E-state index in [0.717, 1.165) is 24.0 Å². The highest BCUT2D eigenvalue weighted by molar-refractivity contribution is 7.13. The second kappa shape index (κ2) is 5.32. The van der Waals surface area contributed by atoms with Crippen LogP contribution in [0.25, 0.3) is 0 Å². The van der Waals surface area contributed by atoms with Crippen LogP contribution in [0, 0.1) is 5.92 Å². The SMILES string of the molecule is CC(CCCl)CNc1nncs1. The van der Waals surface area contributed by atoms with E-state index in [1.165, 1.54) is 11.3 Å². The molecule has 68 valence electrons. The Labute approximate surface area is 81.2 Å². The van der Waals surface area contributed by atoms with Crippen molar-refractivity contribution in [3.8, 4) is 0 Å². The van der Waals surface area contributed by atoms with Crippen LogP contribution in [-0.4, -0.2) is 22.6 Å². The Balaban J connectivity index is 2.17. The van der Waals surface area contributed by atoms with Crippen LogP contribution >= 0.6 is 22.9 Å². The minimum Gasteiger partial charge on any atom is -0.360 e. The summed E-state index contributed by atoms with van der Waals surface area (Å²) in [6, 6.07) is 0. The second-order valence-corrected chi connectivity index (χ2v) is 3.92. The number of alkyl halides is 1. The summed E-state index contributed by atoms with van der Waals surface area (Å²) in [5.74, 6) is 1.31. The molecule has 0 spiro atoms. The maximum atomic E-state index is 5.60. The summed E-state index contributed by atoms with van der Waals surface area (Å²) in [6.45, 7) is 3.08. The van der Waals surface area contributed by atoms with Gasteiger partial charge in [-0.15, -0.1) is 21.8 Å². The number of halogens is 1. The Bertz CT molecular complexity index is 202. The molecule has 1 rings (SSSR count). The number of rotatable bonds is 5. The van der Waals surface area contributed by atoms with E-state index >= 15 is 0 Å². The second-order valence-electron chi connectivity index (χ2n) is 2.71. The van der Waals surface area contributed by atoms with Crippen molar-refractivity contribution in [2.75, 3.05) is 17.7 Å². The Morgan fingerprint density at radius 2 is 2.58 bits per heavy atom. The third-order valence-corrected chi connectivity index (χ3v) is 2.43. The van der Waals surface area contributed by atoms with E-state index in [9.17, 15) is 0 Å². The highest BCUT2D eigenvalue weighted by Crippen LogP contribution is 2.10. The van der Waals surface area contributed by atoms with E-state index in [1.807, 2.05) is 0 Å². The Kier molecular flexibility index (Phi) is 4.32. The number of nitrogens with zero attached hydrogens (tertiary/aromatic N) is 2. The molecular weight excluding hydrogens is 194 g/mol. The molecule has 0 bridgehead atoms. The van der Waals surface area contributed by atoms with Crippen molar-refractivity contribution in [2.45, 2.75) is 13.3 Å². The maximum Gasteiger partial charge on any atom is 0.205 e. The van der Waals surface area contributed by atoms with Crippen LogP contribution in [0.15, 0.2) is 5.51 Å². The van der Waals surface area contributed by atoms with Gasteiger partial charge in [0.1, 0.15) is 5.51 Å². The van der Waals surface area contributed by atoms with Crippen LogP contribution in [0.3, 0.4) is 0 Å². The lowest BCUT2D eigenvalue weighted by Crippen LogP contribution is -2.11. The largest absolute Gasteiger partial charge is 0.360 e. The molecule has 1 aromatic rings. The molecule has 0 aliphatic heterocycles. The Hall–Kier alpha value is -0.350. The van der Waals surface area contributed by atoms with Crippen molar-refractivity contribution in [1.82, 2.24) is 10.2 Å². The first-order valence-corrected chi connectivity index (χ1v) is 5.30. The minimum atomic E-state index is 0.589. The van der Waals surface area contributed by atoms with E-state index < -0.39 is 0 Å². The van der Waals surface area contributed by atoms with Gasteiger partial charge in [-0.1, -0.05) is 18.3 Å². The molecule has 0 aliphatic carbocycles. The molecule has 1 aromatic heterocycles. The average molecular weight is 206 g/mol. The van der Waals surface area contributed by atoms with Gasteiger partial charge in [0.25, 0.3) is 0 Å². The lowest BCUT2D eigenvalue weighted by Gasteiger charge is -2.08. The summed E-state index contributed by atoms with van der Waals surface area (Å²) >= 11 is 7.12. The van der Waals surface area contributed by atoms with Gasteiger partial charge in [0.2, 0.25) is 5.13 Å². The van der Waals surface area contributed by atoms with E-state index in [-0.39, 0.29) is 0 Å². The van der Waals surface area contributed by atoms with E-state index in [4.69, 9.17) is 11.6 Å². The van der Waals surface area contributed by atoms with Gasteiger partial charge in [0.15, 0.2) is 0 Å². The predicted octanol–water partition coefficient (Wildman–Crippen LogP) is 2.21. The summed E-state index contributed by atoms with van der Waals surface area (Å²) in [4.78, 5) is 0. The fourth-order valence-corrected chi connectivity index (χ4v) is 1.63. The van der Waals surface area contributed by atoms with Crippen molar-refractivity contribution in [3.05, 3.63) is 5.51 Å². The number of aromatic nitrogens is 2. The Morgan fingerprint density at radius 3 is 3.17 bits per heavy atom. The van der Waals surface area contributed by atoms with Crippen LogP contribution < -0.4 is 5.32 Å². The van der Waals surface area contributed by atoms with Crippen molar-refractivity contribution in [2.24, 2.45) is 5.92 Å². The fraction of sp³-hybridized carbons (Fsp3) is 0.714. The van der Waals surface area contributed by atoms with E-state index in [2.05, 4.69) is 22.4 Å². The van der Waals surface area contributed by atoms with Gasteiger partial charge in [-0.05, 0) is 12.3 Å². The lowest BCUT2D eigenvalue weighted by atomic mass is 10.1. The first-order valence-electron chi connectivity index (χ1n) is 3.89. The Morgan fingerprint density at radius 1 is 1.75 bits per heavy atom.